The number of hydrogen-bond acceptors (Lipinski definition) is 9. The molecule has 1 heterocycles. The second-order valence-electron chi connectivity index (χ2n) is 16.5. The summed E-state index contributed by atoms with van der Waals surface area (Å²) >= 11 is 0. The van der Waals surface area contributed by atoms with Crippen molar-refractivity contribution in [3.63, 3.8) is 0 Å². The molecule has 0 amide bonds. The van der Waals surface area contributed by atoms with Crippen LogP contribution in [0.5, 0.6) is 0 Å². The smallest absolute Gasteiger partial charge is 0.306 e. The minimum atomic E-state index is -4.65. The Morgan fingerprint density at radius 3 is 1.80 bits per heavy atom. The number of hydrogen-bond donors (Lipinski definition) is 0. The average Bonchev–Trinajstić information content (AvgIpc) is 3.90. The summed E-state index contributed by atoms with van der Waals surface area (Å²) in [6.45, 7) is 4.11. The predicted octanol–water partition coefficient (Wildman–Crippen LogP) is 10.9. The van der Waals surface area contributed by atoms with Crippen LogP contribution in [0.4, 0.5) is 0 Å². The van der Waals surface area contributed by atoms with Gasteiger partial charge in [-0.3, -0.25) is 14.2 Å². The van der Waals surface area contributed by atoms with Crippen LogP contribution in [0.15, 0.2) is 36.5 Å². The number of esters is 2. The van der Waals surface area contributed by atoms with E-state index in [1.54, 1.807) is 0 Å². The van der Waals surface area contributed by atoms with Crippen molar-refractivity contribution in [2.75, 3.05) is 47.5 Å². The molecule has 4 atom stereocenters. The van der Waals surface area contributed by atoms with E-state index in [1.165, 1.54) is 89.9 Å². The van der Waals surface area contributed by atoms with Gasteiger partial charge in [-0.1, -0.05) is 147 Å². The molecule has 0 saturated carbocycles. The molecule has 0 aromatic carbocycles. The molecule has 0 bridgehead atoms. The van der Waals surface area contributed by atoms with Gasteiger partial charge >= 0.3 is 11.9 Å². The molecule has 0 N–H and O–H groups in total. The summed E-state index contributed by atoms with van der Waals surface area (Å²) in [7, 11) is 1.12. The standard InChI is InChI=1S/C45H82NO9P/c1-6-8-10-12-14-16-18-20-21-23-25-27-29-31-35-44(47)51-39-41(40-53-56(49,50)52-38-37-46(3,4)5)54-45(48)36-32-34-43-42(55-43)33-30-28-26-24-22-19-17-15-13-11-9-7-2/h15,17,22,24,28,30,41-43H,6-14,16,18-21,23,25-27,29,31-40H2,1-5H3/b17-15-,24-22-,30-28-/t41-,42?,43?/m1/s1. The van der Waals surface area contributed by atoms with E-state index in [0.717, 1.165) is 51.4 Å². The van der Waals surface area contributed by atoms with Crippen LogP contribution in [0, 0.1) is 0 Å². The quantitative estimate of drug-likeness (QED) is 0.0149. The zero-order chi connectivity index (χ0) is 41.2. The van der Waals surface area contributed by atoms with Gasteiger partial charge in [-0.05, 0) is 51.4 Å². The lowest BCUT2D eigenvalue weighted by atomic mass is 10.0. The van der Waals surface area contributed by atoms with E-state index in [9.17, 15) is 19.0 Å². The van der Waals surface area contributed by atoms with Crippen LogP contribution in [-0.4, -0.2) is 82.2 Å². The summed E-state index contributed by atoms with van der Waals surface area (Å²) < 4.78 is 39.7. The Bertz CT molecular complexity index is 1120. The van der Waals surface area contributed by atoms with Gasteiger partial charge < -0.3 is 32.6 Å². The van der Waals surface area contributed by atoms with E-state index in [2.05, 4.69) is 50.3 Å². The Kier molecular flexibility index (Phi) is 31.8. The Balaban J connectivity index is 2.34. The predicted molar refractivity (Wildman–Crippen MR) is 226 cm³/mol. The van der Waals surface area contributed by atoms with Crippen LogP contribution in [0.2, 0.25) is 0 Å². The first-order chi connectivity index (χ1) is 27.0. The number of phosphoric ester groups is 1. The summed E-state index contributed by atoms with van der Waals surface area (Å²) in [5, 5.41) is 0. The van der Waals surface area contributed by atoms with Gasteiger partial charge in [-0.2, -0.15) is 0 Å². The third kappa shape index (κ3) is 34.3. The number of epoxide rings is 1. The van der Waals surface area contributed by atoms with Crippen molar-refractivity contribution in [3.05, 3.63) is 36.5 Å². The van der Waals surface area contributed by atoms with Crippen LogP contribution in [0.25, 0.3) is 0 Å². The van der Waals surface area contributed by atoms with E-state index in [0.29, 0.717) is 17.4 Å². The van der Waals surface area contributed by atoms with E-state index in [4.69, 9.17) is 23.3 Å². The average molecular weight is 812 g/mol. The van der Waals surface area contributed by atoms with Crippen LogP contribution < -0.4 is 4.89 Å². The molecule has 0 aromatic rings. The van der Waals surface area contributed by atoms with Crippen molar-refractivity contribution in [2.24, 2.45) is 0 Å². The molecule has 3 unspecified atom stereocenters. The number of ether oxygens (including phenoxy) is 3. The van der Waals surface area contributed by atoms with E-state index < -0.39 is 32.5 Å². The molecule has 10 nitrogen and oxygen atoms in total. The molecule has 0 aromatic heterocycles. The van der Waals surface area contributed by atoms with Crippen molar-refractivity contribution in [1.82, 2.24) is 0 Å². The molecule has 0 radical (unpaired) electrons. The van der Waals surface area contributed by atoms with Gasteiger partial charge in [0.05, 0.1) is 40.0 Å². The zero-order valence-corrected chi connectivity index (χ0v) is 37.2. The van der Waals surface area contributed by atoms with E-state index >= 15 is 0 Å². The van der Waals surface area contributed by atoms with Gasteiger partial charge in [0.25, 0.3) is 7.82 Å². The fraction of sp³-hybridized carbons (Fsp3) is 0.822. The van der Waals surface area contributed by atoms with Crippen molar-refractivity contribution in [2.45, 2.75) is 193 Å². The maximum atomic E-state index is 12.7. The van der Waals surface area contributed by atoms with E-state index in [1.807, 2.05) is 21.1 Å². The number of carbonyl (C=O) groups is 2. The number of unbranched alkanes of at least 4 members (excludes halogenated alkanes) is 16. The topological polar surface area (TPSA) is 124 Å². The van der Waals surface area contributed by atoms with Gasteiger partial charge in [-0.25, -0.2) is 0 Å². The van der Waals surface area contributed by atoms with Crippen molar-refractivity contribution >= 4 is 19.8 Å². The molecule has 1 rings (SSSR count). The maximum Gasteiger partial charge on any atom is 0.306 e. The van der Waals surface area contributed by atoms with Crippen molar-refractivity contribution in [1.29, 1.82) is 0 Å². The second kappa shape index (κ2) is 34.1. The molecule has 0 spiro atoms. The molecule has 11 heteroatoms. The summed E-state index contributed by atoms with van der Waals surface area (Å²) in [5.41, 5.74) is 0. The van der Waals surface area contributed by atoms with Gasteiger partial charge in [0.2, 0.25) is 0 Å². The summed E-state index contributed by atoms with van der Waals surface area (Å²) in [5.74, 6) is -0.908. The Hall–Kier alpha value is -1.81. The normalized spacial score (nSPS) is 17.5. The van der Waals surface area contributed by atoms with Crippen molar-refractivity contribution < 1.29 is 46.8 Å². The molecule has 1 saturated heterocycles. The number of likely N-dealkylation sites (N-methyl/N-ethyl adjacent to an activating group) is 1. The first kappa shape index (κ1) is 52.2. The highest BCUT2D eigenvalue weighted by atomic mass is 31.2. The fourth-order valence-electron chi connectivity index (χ4n) is 6.21. The first-order valence-corrected chi connectivity index (χ1v) is 23.8. The highest BCUT2D eigenvalue weighted by Gasteiger charge is 2.36. The molecule has 1 aliphatic rings. The van der Waals surface area contributed by atoms with Gasteiger partial charge in [0.15, 0.2) is 6.10 Å². The third-order valence-corrected chi connectivity index (χ3v) is 10.8. The lowest BCUT2D eigenvalue weighted by Gasteiger charge is -2.28. The van der Waals surface area contributed by atoms with Gasteiger partial charge in [0, 0.05) is 12.8 Å². The summed E-state index contributed by atoms with van der Waals surface area (Å²) in [6.07, 6.45) is 39.0. The fourth-order valence-corrected chi connectivity index (χ4v) is 6.94. The number of quaternary nitrogens is 1. The molecular formula is C45H82NO9P. The minimum absolute atomic E-state index is 0.0445. The summed E-state index contributed by atoms with van der Waals surface area (Å²) in [4.78, 5) is 37.6. The van der Waals surface area contributed by atoms with Crippen LogP contribution >= 0.6 is 7.82 Å². The van der Waals surface area contributed by atoms with Gasteiger partial charge in [0.1, 0.15) is 19.8 Å². The Labute approximate surface area is 342 Å². The highest BCUT2D eigenvalue weighted by molar-refractivity contribution is 7.45. The second-order valence-corrected chi connectivity index (χ2v) is 17.9. The number of phosphoric acid groups is 1. The number of nitrogens with zero attached hydrogens (tertiary/aromatic N) is 1. The zero-order valence-electron chi connectivity index (χ0n) is 36.3. The largest absolute Gasteiger partial charge is 0.756 e. The van der Waals surface area contributed by atoms with Crippen LogP contribution in [0.3, 0.4) is 0 Å². The summed E-state index contributed by atoms with van der Waals surface area (Å²) in [6, 6.07) is 0. The molecule has 0 aliphatic carbocycles. The van der Waals surface area contributed by atoms with E-state index in [-0.39, 0.29) is 38.3 Å². The minimum Gasteiger partial charge on any atom is -0.756 e. The Morgan fingerprint density at radius 1 is 0.661 bits per heavy atom. The van der Waals surface area contributed by atoms with Crippen LogP contribution in [0.1, 0.15) is 174 Å². The number of allylic oxidation sites excluding steroid dienone is 5. The lowest BCUT2D eigenvalue weighted by molar-refractivity contribution is -0.870. The lowest BCUT2D eigenvalue weighted by Crippen LogP contribution is -2.37. The third-order valence-electron chi connectivity index (χ3n) is 9.84. The maximum absolute atomic E-state index is 12.7. The first-order valence-electron chi connectivity index (χ1n) is 22.3. The molecule has 326 valence electrons. The number of carbonyl (C=O) groups excluding carboxylic acids is 2. The highest BCUT2D eigenvalue weighted by Crippen LogP contribution is 2.38. The van der Waals surface area contributed by atoms with Crippen LogP contribution in [-0.2, 0) is 37.4 Å². The molecule has 1 aliphatic heterocycles. The Morgan fingerprint density at radius 2 is 1.20 bits per heavy atom. The molecule has 56 heavy (non-hydrogen) atoms. The van der Waals surface area contributed by atoms with Gasteiger partial charge in [-0.15, -0.1) is 0 Å². The monoisotopic (exact) mass is 812 g/mol. The SMILES string of the molecule is CCCCC/C=C\C/C=C\C/C=C\CC1OC1CCCC(=O)O[C@H](COC(=O)CCCCCCCCCCCCCCCC)COP(=O)([O-])OCC[N+](C)(C)C. The van der Waals surface area contributed by atoms with Crippen molar-refractivity contribution in [3.8, 4) is 0 Å². The molecule has 1 fully saturated rings. The molecular weight excluding hydrogens is 729 g/mol. The number of rotatable bonds is 39.